The lowest BCUT2D eigenvalue weighted by Gasteiger charge is -2.41. The van der Waals surface area contributed by atoms with Crippen molar-refractivity contribution in [1.29, 1.82) is 0 Å². The Labute approximate surface area is 114 Å². The number of hydrogen-bond donors (Lipinski definition) is 4. The number of carbonyl (C=O) groups excluding carboxylic acids is 1. The first kappa shape index (κ1) is 17.0. The highest BCUT2D eigenvalue weighted by molar-refractivity contribution is 7.80. The predicted octanol–water partition coefficient (Wildman–Crippen LogP) is -3.43. The summed E-state index contributed by atoms with van der Waals surface area (Å²) >= 11 is 0. The van der Waals surface area contributed by atoms with Crippen molar-refractivity contribution in [2.75, 3.05) is 6.61 Å². The highest BCUT2D eigenvalue weighted by Gasteiger charge is 2.46. The molecule has 0 aliphatic carbocycles. The monoisotopic (exact) mass is 312 g/mol. The zero-order valence-corrected chi connectivity index (χ0v) is 10.9. The smallest absolute Gasteiger partial charge is 0.245 e. The second-order valence-corrected chi connectivity index (χ2v) is 4.95. The lowest BCUT2D eigenvalue weighted by molar-refractivity contribution is -0.229. The first-order valence-electron chi connectivity index (χ1n) is 5.39. The van der Waals surface area contributed by atoms with Crippen LogP contribution in [0.5, 0.6) is 0 Å². The Kier molecular flexibility index (Phi) is 5.59. The molecule has 0 aromatic rings. The van der Waals surface area contributed by atoms with E-state index in [0.29, 0.717) is 0 Å². The van der Waals surface area contributed by atoms with Gasteiger partial charge >= 0.3 is 0 Å². The van der Waals surface area contributed by atoms with Gasteiger partial charge in [0, 0.05) is 0 Å². The number of aliphatic hydroxyl groups excluding tert-OH is 3. The third-order valence-electron chi connectivity index (χ3n) is 2.56. The van der Waals surface area contributed by atoms with Crippen LogP contribution in [0.25, 0.3) is 0 Å². The third-order valence-corrected chi connectivity index (χ3v) is 3.02. The van der Waals surface area contributed by atoms with Gasteiger partial charge < -0.3 is 29.9 Å². The van der Waals surface area contributed by atoms with Crippen molar-refractivity contribution in [3.8, 4) is 0 Å². The number of amides is 1. The molecular formula is C9H14NO9S-. The molecular weight excluding hydrogens is 298 g/mol. The number of nitrogens with one attached hydrogen (secondary N) is 1. The molecule has 1 rings (SSSR count). The van der Waals surface area contributed by atoms with Crippen LogP contribution in [0.4, 0.5) is 0 Å². The number of hydrogen-bond acceptors (Lipinski definition) is 9. The molecule has 11 heteroatoms. The third kappa shape index (κ3) is 4.21. The van der Waals surface area contributed by atoms with Gasteiger partial charge in [0.2, 0.25) is 16.3 Å². The van der Waals surface area contributed by atoms with E-state index < -0.39 is 53.6 Å². The molecule has 0 bridgehead atoms. The van der Waals surface area contributed by atoms with Crippen molar-refractivity contribution in [2.45, 2.75) is 30.6 Å². The van der Waals surface area contributed by atoms with Crippen LogP contribution in [-0.2, 0) is 24.1 Å². The molecule has 116 valence electrons. The van der Waals surface area contributed by atoms with Gasteiger partial charge in [0.15, 0.2) is 6.23 Å². The molecule has 1 aliphatic heterocycles. The number of ether oxygens (including phenoxy) is 1. The van der Waals surface area contributed by atoms with E-state index >= 15 is 0 Å². The van der Waals surface area contributed by atoms with Crippen LogP contribution < -0.4 is 5.32 Å². The maximum atomic E-state index is 11.1. The fourth-order valence-electron chi connectivity index (χ4n) is 1.65. The van der Waals surface area contributed by atoms with Crippen molar-refractivity contribution < 1.29 is 42.0 Å². The molecule has 1 fully saturated rings. The Morgan fingerprint density at radius 1 is 1.45 bits per heavy atom. The molecule has 1 heterocycles. The zero-order chi connectivity index (χ0) is 15.5. The Morgan fingerprint density at radius 2 is 2.05 bits per heavy atom. The van der Waals surface area contributed by atoms with Gasteiger partial charge in [-0.2, -0.15) is 0 Å². The minimum Gasteiger partial charge on any atom is -0.726 e. The zero-order valence-electron chi connectivity index (χ0n) is 10.1. The summed E-state index contributed by atoms with van der Waals surface area (Å²) in [6, 6.07) is 0. The maximum absolute atomic E-state index is 11.1. The highest BCUT2D eigenvalue weighted by atomic mass is 32.3. The second kappa shape index (κ2) is 6.58. The van der Waals surface area contributed by atoms with Crippen molar-refractivity contribution in [3.63, 3.8) is 0 Å². The molecule has 0 saturated carbocycles. The highest BCUT2D eigenvalue weighted by Crippen LogP contribution is 2.23. The molecule has 0 unspecified atom stereocenters. The predicted molar refractivity (Wildman–Crippen MR) is 60.7 cm³/mol. The van der Waals surface area contributed by atoms with E-state index in [1.165, 1.54) is 0 Å². The number of rotatable bonds is 5. The maximum Gasteiger partial charge on any atom is 0.245 e. The number of carbonyl (C=O) groups is 1. The van der Waals surface area contributed by atoms with Crippen molar-refractivity contribution in [3.05, 3.63) is 12.7 Å². The Bertz CT molecular complexity index is 464. The van der Waals surface area contributed by atoms with Crippen LogP contribution in [0.15, 0.2) is 12.7 Å². The molecule has 0 aromatic heterocycles. The van der Waals surface area contributed by atoms with Gasteiger partial charge in [0.05, 0.1) is 6.61 Å². The molecule has 0 aromatic carbocycles. The Hall–Kier alpha value is -1.08. The largest absolute Gasteiger partial charge is 0.726 e. The minimum atomic E-state index is -5.22. The van der Waals surface area contributed by atoms with E-state index in [2.05, 4.69) is 16.1 Å². The van der Waals surface area contributed by atoms with Crippen molar-refractivity contribution in [2.24, 2.45) is 0 Å². The fourth-order valence-corrected chi connectivity index (χ4v) is 2.15. The summed E-state index contributed by atoms with van der Waals surface area (Å²) in [6.45, 7) is 2.40. The average Bonchev–Trinajstić information content (AvgIpc) is 2.36. The van der Waals surface area contributed by atoms with Crippen LogP contribution in [0, 0.1) is 0 Å². The van der Waals surface area contributed by atoms with Gasteiger partial charge in [-0.15, -0.1) is 0 Å². The van der Waals surface area contributed by atoms with Crippen LogP contribution in [-0.4, -0.2) is 71.4 Å². The fraction of sp³-hybridized carbons (Fsp3) is 0.667. The Balaban J connectivity index is 2.95. The summed E-state index contributed by atoms with van der Waals surface area (Å²) in [4.78, 5) is 11.1. The molecule has 0 spiro atoms. The van der Waals surface area contributed by atoms with Crippen LogP contribution >= 0.6 is 0 Å². The van der Waals surface area contributed by atoms with Crippen LogP contribution in [0.1, 0.15) is 0 Å². The summed E-state index contributed by atoms with van der Waals surface area (Å²) in [5.41, 5.74) is 0. The lowest BCUT2D eigenvalue weighted by atomic mass is 9.98. The molecule has 20 heavy (non-hydrogen) atoms. The van der Waals surface area contributed by atoms with Gasteiger partial charge in [-0.1, -0.05) is 6.58 Å². The van der Waals surface area contributed by atoms with Crippen LogP contribution in [0.2, 0.25) is 0 Å². The van der Waals surface area contributed by atoms with Gasteiger partial charge in [-0.05, 0) is 6.08 Å². The molecule has 0 radical (unpaired) electrons. The molecule has 10 nitrogen and oxygen atoms in total. The quantitative estimate of drug-likeness (QED) is 0.229. The van der Waals surface area contributed by atoms with E-state index in [0.717, 1.165) is 6.08 Å². The first-order valence-corrected chi connectivity index (χ1v) is 6.72. The van der Waals surface area contributed by atoms with E-state index in [1.807, 2.05) is 0 Å². The van der Waals surface area contributed by atoms with Gasteiger partial charge in [0.1, 0.15) is 24.4 Å². The van der Waals surface area contributed by atoms with Crippen LogP contribution in [0.3, 0.4) is 0 Å². The van der Waals surface area contributed by atoms with E-state index in [1.54, 1.807) is 0 Å². The van der Waals surface area contributed by atoms with E-state index in [9.17, 15) is 28.0 Å². The molecule has 1 aliphatic rings. The minimum absolute atomic E-state index is 0.757. The SMILES string of the molecule is C=CC(=O)N[C@H]1O[C@H](CO)[C@H](O)[C@H](OS(=O)(=O)[O-])[C@H]1O. The van der Waals surface area contributed by atoms with Crippen molar-refractivity contribution >= 4 is 16.3 Å². The average molecular weight is 312 g/mol. The van der Waals surface area contributed by atoms with Crippen molar-refractivity contribution in [1.82, 2.24) is 5.32 Å². The lowest BCUT2D eigenvalue weighted by Crippen LogP contribution is -2.64. The number of aliphatic hydroxyl groups is 3. The van der Waals surface area contributed by atoms with Gasteiger partial charge in [0.25, 0.3) is 0 Å². The summed E-state index contributed by atoms with van der Waals surface area (Å²) in [5.74, 6) is -0.758. The summed E-state index contributed by atoms with van der Waals surface area (Å²) in [6.07, 6.45) is -7.52. The standard InChI is InChI=1S/C9H15NO9S/c1-2-5(12)10-9-7(14)8(19-20(15,16)17)6(13)4(3-11)18-9/h2,4,6-9,11,13-14H,1,3H2,(H,10,12)(H,15,16,17)/p-1/t4-,6+,7-,8+,9+/m1/s1. The topological polar surface area (TPSA) is 165 Å². The summed E-state index contributed by atoms with van der Waals surface area (Å²) in [7, 11) is -5.22. The summed E-state index contributed by atoms with van der Waals surface area (Å²) in [5, 5.41) is 30.5. The Morgan fingerprint density at radius 3 is 2.50 bits per heavy atom. The molecule has 1 saturated heterocycles. The van der Waals surface area contributed by atoms with Gasteiger partial charge in [-0.3, -0.25) is 8.98 Å². The first-order chi connectivity index (χ1) is 9.19. The molecule has 5 atom stereocenters. The van der Waals surface area contributed by atoms with E-state index in [4.69, 9.17) is 9.84 Å². The van der Waals surface area contributed by atoms with Gasteiger partial charge in [-0.25, -0.2) is 8.42 Å². The van der Waals surface area contributed by atoms with E-state index in [-0.39, 0.29) is 0 Å². The summed E-state index contributed by atoms with van der Waals surface area (Å²) < 4.78 is 40.7. The molecule has 4 N–H and O–H groups in total. The molecule has 1 amide bonds. The second-order valence-electron chi connectivity index (χ2n) is 3.94. The normalized spacial score (nSPS) is 34.5.